The maximum absolute atomic E-state index is 3.21. The summed E-state index contributed by atoms with van der Waals surface area (Å²) in [7, 11) is 0. The van der Waals surface area contributed by atoms with Crippen molar-refractivity contribution >= 4 is 50.5 Å². The van der Waals surface area contributed by atoms with Crippen LogP contribution >= 0.6 is 45.9 Å². The Morgan fingerprint density at radius 3 is 1.00 bits per heavy atom. The molecule has 0 aliphatic heterocycles. The van der Waals surface area contributed by atoms with Crippen molar-refractivity contribution in [2.75, 3.05) is 0 Å². The van der Waals surface area contributed by atoms with Gasteiger partial charge in [0, 0.05) is 0 Å². The van der Waals surface area contributed by atoms with E-state index in [0.717, 1.165) is 0 Å². The molecule has 0 unspecified atom stereocenters. The second-order valence-corrected chi connectivity index (χ2v) is 17.4. The average Bonchev–Trinajstić information content (AvgIpc) is 0.811. The minimum Gasteiger partial charge on any atom is -0.0967 e. The van der Waals surface area contributed by atoms with Gasteiger partial charge in [-0.1, -0.05) is 45.9 Å². The lowest BCUT2D eigenvalue weighted by Crippen LogP contribution is -1.60. The van der Waals surface area contributed by atoms with Crippen molar-refractivity contribution in [1.29, 1.82) is 0 Å². The van der Waals surface area contributed by atoms with Crippen LogP contribution in [0.4, 0.5) is 0 Å². The van der Waals surface area contributed by atoms with Gasteiger partial charge in [0.1, 0.15) is 0 Å². The molecule has 0 amide bonds. The number of hydrogen-bond donors (Lipinski definition) is 0. The van der Waals surface area contributed by atoms with Gasteiger partial charge in [-0.3, -0.25) is 0 Å². The summed E-state index contributed by atoms with van der Waals surface area (Å²) in [4.78, 5) is 0. The Bertz CT molecular complexity index is 8.00. The Morgan fingerprint density at radius 1 is 1.00 bits per heavy atom. The predicted octanol–water partition coefficient (Wildman–Crippen LogP) is 2.16. The highest BCUT2D eigenvalue weighted by molar-refractivity contribution is 9.69. The second kappa shape index (κ2) is 2.87. The van der Waals surface area contributed by atoms with Gasteiger partial charge in [-0.2, -0.15) is 0 Å². The van der Waals surface area contributed by atoms with Crippen LogP contribution in [0.2, 0.25) is 0 Å². The first kappa shape index (κ1) is 5.66. The van der Waals surface area contributed by atoms with Crippen molar-refractivity contribution < 1.29 is 0 Å². The van der Waals surface area contributed by atoms with Crippen LogP contribution in [0.5, 0.6) is 0 Å². The summed E-state index contributed by atoms with van der Waals surface area (Å²) in [6.45, 7) is 0. The van der Waals surface area contributed by atoms with E-state index in [2.05, 4.69) is 45.9 Å². The average molecular weight is 268 g/mol. The van der Waals surface area contributed by atoms with Crippen molar-refractivity contribution in [3.05, 3.63) is 0 Å². The van der Waals surface area contributed by atoms with E-state index in [-0.39, 0.29) is 0 Å². The first-order chi connectivity index (χ1) is 1.73. The van der Waals surface area contributed by atoms with Crippen LogP contribution in [0.1, 0.15) is 0 Å². The van der Waals surface area contributed by atoms with Crippen LogP contribution < -0.4 is 0 Å². The van der Waals surface area contributed by atoms with Gasteiger partial charge in [0.05, 0.1) is 0 Å². The monoisotopic (exact) mass is 265 g/mol. The number of hydrogen-bond acceptors (Lipinski definition) is 0. The van der Waals surface area contributed by atoms with Gasteiger partial charge < -0.3 is 0 Å². The zero-order chi connectivity index (χ0) is 3.58. The lowest BCUT2D eigenvalue weighted by atomic mass is 28.0. The summed E-state index contributed by atoms with van der Waals surface area (Å²) in [5.74, 6) is 0. The largest absolute Gasteiger partial charge is 0.290 e. The van der Waals surface area contributed by atoms with Crippen LogP contribution in [-0.4, -0.2) is 4.65 Å². The molecule has 0 atom stereocenters. The third-order valence-electron chi connectivity index (χ3n) is 0. The van der Waals surface area contributed by atoms with E-state index >= 15 is 0 Å². The molecule has 0 saturated heterocycles. The summed E-state index contributed by atoms with van der Waals surface area (Å²) in [6.07, 6.45) is 0. The highest BCUT2D eigenvalue weighted by Crippen LogP contribution is 2.07. The molecule has 4 heteroatoms. The van der Waals surface area contributed by atoms with Gasteiger partial charge >= 0.3 is 0 Å². The standard InChI is InChI=1S/Br3Si/c1-4(2)3. The van der Waals surface area contributed by atoms with E-state index in [1.807, 2.05) is 0 Å². The first-order valence-electron chi connectivity index (χ1n) is 0.567. The van der Waals surface area contributed by atoms with Gasteiger partial charge in [-0.25, -0.2) is 0 Å². The molecule has 0 saturated carbocycles. The smallest absolute Gasteiger partial charge is 0.0967 e. The fourth-order valence-corrected chi connectivity index (χ4v) is 0. The molecule has 0 N–H and O–H groups in total. The SMILES string of the molecule is Br[Si](Br)Br. The van der Waals surface area contributed by atoms with Gasteiger partial charge in [0.15, 0.2) is 0 Å². The van der Waals surface area contributed by atoms with E-state index in [1.165, 1.54) is 0 Å². The third kappa shape index (κ3) is 9.40. The van der Waals surface area contributed by atoms with E-state index < -0.39 is 4.65 Å². The maximum Gasteiger partial charge on any atom is 0.290 e. The molecule has 1 radical (unpaired) electrons. The van der Waals surface area contributed by atoms with Gasteiger partial charge in [0.25, 0.3) is 4.65 Å². The molecule has 25 valence electrons. The summed E-state index contributed by atoms with van der Waals surface area (Å²) in [5.41, 5.74) is 0. The van der Waals surface area contributed by atoms with E-state index in [1.54, 1.807) is 0 Å². The zero-order valence-electron chi connectivity index (χ0n) is 1.63. The van der Waals surface area contributed by atoms with Gasteiger partial charge in [0.2, 0.25) is 0 Å². The Kier molecular flexibility index (Phi) is 4.06. The Morgan fingerprint density at radius 2 is 1.00 bits per heavy atom. The minimum atomic E-state index is -0.442. The highest BCUT2D eigenvalue weighted by Gasteiger charge is 1.84. The lowest BCUT2D eigenvalue weighted by molar-refractivity contribution is 4.99. The van der Waals surface area contributed by atoms with E-state index in [0.29, 0.717) is 0 Å². The Labute approximate surface area is 50.3 Å². The maximum atomic E-state index is 3.21. The summed E-state index contributed by atoms with van der Waals surface area (Å²) in [6, 6.07) is 0. The van der Waals surface area contributed by atoms with Crippen molar-refractivity contribution in [2.45, 2.75) is 0 Å². The Balaban J connectivity index is 2.32. The normalized spacial score (nSPS) is 9.00. The quantitative estimate of drug-likeness (QED) is 0.466. The first-order valence-corrected chi connectivity index (χ1v) is 8.84. The van der Waals surface area contributed by atoms with Crippen LogP contribution in [0.25, 0.3) is 0 Å². The fourth-order valence-electron chi connectivity index (χ4n) is 0. The topological polar surface area (TPSA) is 0 Å². The molecule has 0 spiro atoms. The van der Waals surface area contributed by atoms with Crippen LogP contribution in [-0.2, 0) is 0 Å². The van der Waals surface area contributed by atoms with Crippen LogP contribution in [0.15, 0.2) is 0 Å². The van der Waals surface area contributed by atoms with Crippen molar-refractivity contribution in [3.8, 4) is 0 Å². The second-order valence-electron chi connectivity index (χ2n) is 0.214. The molecule has 0 rings (SSSR count). The summed E-state index contributed by atoms with van der Waals surface area (Å²) >= 11 is 9.62. The lowest BCUT2D eigenvalue weighted by Gasteiger charge is -1.65. The molecule has 0 fully saturated rings. The summed E-state index contributed by atoms with van der Waals surface area (Å²) < 4.78 is -0.442. The van der Waals surface area contributed by atoms with E-state index in [4.69, 9.17) is 0 Å². The van der Waals surface area contributed by atoms with Crippen LogP contribution in [0.3, 0.4) is 0 Å². The third-order valence-corrected chi connectivity index (χ3v) is 0. The molecule has 0 aromatic rings. The number of rotatable bonds is 0. The van der Waals surface area contributed by atoms with Gasteiger partial charge in [-0.05, 0) is 0 Å². The minimum absolute atomic E-state index is 0.442. The van der Waals surface area contributed by atoms with Crippen molar-refractivity contribution in [2.24, 2.45) is 0 Å². The van der Waals surface area contributed by atoms with Gasteiger partial charge in [-0.15, -0.1) is 0 Å². The molecule has 0 bridgehead atoms. The van der Waals surface area contributed by atoms with Crippen molar-refractivity contribution in [1.82, 2.24) is 0 Å². The zero-order valence-corrected chi connectivity index (χ0v) is 7.39. The molecule has 0 nitrogen and oxygen atoms in total. The molecule has 0 aliphatic rings. The molecule has 0 aromatic heterocycles. The molecule has 4 heavy (non-hydrogen) atoms. The molecule has 0 aromatic carbocycles. The predicted molar refractivity (Wildman–Crippen MR) is 32.5 cm³/mol. The number of halogens is 3. The van der Waals surface area contributed by atoms with Crippen molar-refractivity contribution in [3.63, 3.8) is 0 Å². The Hall–Kier alpha value is 1.66. The van der Waals surface area contributed by atoms with E-state index in [9.17, 15) is 0 Å². The molecule has 0 heterocycles. The molecule has 0 aliphatic carbocycles. The highest BCUT2D eigenvalue weighted by atomic mass is 80.0. The fraction of sp³-hybridized carbons (Fsp3) is 0. The molecular formula is Br3Si. The molecular weight excluding hydrogens is 268 g/mol. The van der Waals surface area contributed by atoms with Crippen LogP contribution in [0, 0.1) is 0 Å². The summed E-state index contributed by atoms with van der Waals surface area (Å²) in [5, 5.41) is 0.